The van der Waals surface area contributed by atoms with Gasteiger partial charge in [0, 0.05) is 12.4 Å². The maximum Gasteiger partial charge on any atom is 0.308 e. The number of aromatic nitrogens is 4. The average Bonchev–Trinajstić information content (AvgIpc) is 3.26. The summed E-state index contributed by atoms with van der Waals surface area (Å²) in [7, 11) is 0. The van der Waals surface area contributed by atoms with Crippen molar-refractivity contribution in [3.8, 4) is 0 Å². The van der Waals surface area contributed by atoms with Gasteiger partial charge in [-0.25, -0.2) is 0 Å². The van der Waals surface area contributed by atoms with Crippen molar-refractivity contribution < 1.29 is 14.5 Å². The number of rotatable bonds is 6. The third-order valence-electron chi connectivity index (χ3n) is 3.94. The second-order valence-electron chi connectivity index (χ2n) is 5.48. The van der Waals surface area contributed by atoms with Crippen LogP contribution in [0.3, 0.4) is 0 Å². The molecule has 0 unspecified atom stereocenters. The van der Waals surface area contributed by atoms with Gasteiger partial charge >= 0.3 is 11.7 Å². The van der Waals surface area contributed by atoms with Crippen LogP contribution in [0.4, 0.5) is 5.69 Å². The third kappa shape index (κ3) is 3.55. The van der Waals surface area contributed by atoms with Gasteiger partial charge in [0.2, 0.25) is 0 Å². The van der Waals surface area contributed by atoms with Gasteiger partial charge in [-0.3, -0.25) is 24.3 Å². The number of nitro groups is 1. The number of hydrogen-bond donors (Lipinski definition) is 0. The zero-order valence-electron chi connectivity index (χ0n) is 12.4. The quantitative estimate of drug-likeness (QED) is 0.456. The zero-order chi connectivity index (χ0) is 16.2. The van der Waals surface area contributed by atoms with Crippen molar-refractivity contribution in [2.75, 3.05) is 0 Å². The molecular formula is C14H17N5O4. The molecule has 0 aromatic carbocycles. The van der Waals surface area contributed by atoms with Crippen LogP contribution in [-0.4, -0.2) is 36.6 Å². The van der Waals surface area contributed by atoms with Gasteiger partial charge in [0.15, 0.2) is 0 Å². The van der Waals surface area contributed by atoms with Crippen LogP contribution in [-0.2, 0) is 16.1 Å². The van der Waals surface area contributed by atoms with E-state index >= 15 is 0 Å². The summed E-state index contributed by atoms with van der Waals surface area (Å²) in [6.45, 7) is 0.256. The molecule has 1 aliphatic rings. The standard InChI is InChI=1S/C14H17N5O4/c20-14(5-8-17-10-11(9-16-17)19(21)22)23-13-4-1-3-12(13)18-7-2-6-15-18/h2,6-7,9-10,12-13H,1,3-5,8H2/t12-,13-/m1/s1. The van der Waals surface area contributed by atoms with E-state index in [1.165, 1.54) is 10.9 Å². The number of nitrogens with zero attached hydrogens (tertiary/aromatic N) is 5. The molecule has 0 spiro atoms. The Labute approximate surface area is 132 Å². The molecule has 0 bridgehead atoms. The molecule has 0 N–H and O–H groups in total. The van der Waals surface area contributed by atoms with Gasteiger partial charge in [0.1, 0.15) is 18.5 Å². The van der Waals surface area contributed by atoms with E-state index in [-0.39, 0.29) is 36.8 Å². The summed E-state index contributed by atoms with van der Waals surface area (Å²) in [6.07, 6.45) is 8.76. The Hall–Kier alpha value is -2.71. The lowest BCUT2D eigenvalue weighted by Gasteiger charge is -2.20. The highest BCUT2D eigenvalue weighted by Gasteiger charge is 2.32. The minimum Gasteiger partial charge on any atom is -0.460 e. The molecule has 2 atom stereocenters. The van der Waals surface area contributed by atoms with Gasteiger partial charge < -0.3 is 4.74 Å². The molecule has 2 aromatic rings. The van der Waals surface area contributed by atoms with Crippen molar-refractivity contribution in [2.24, 2.45) is 0 Å². The summed E-state index contributed by atoms with van der Waals surface area (Å²) < 4.78 is 8.76. The summed E-state index contributed by atoms with van der Waals surface area (Å²) in [4.78, 5) is 22.1. The second kappa shape index (κ2) is 6.59. The Kier molecular flexibility index (Phi) is 4.35. The van der Waals surface area contributed by atoms with E-state index in [1.54, 1.807) is 6.20 Å². The minimum atomic E-state index is -0.519. The van der Waals surface area contributed by atoms with Gasteiger partial charge in [-0.15, -0.1) is 0 Å². The largest absolute Gasteiger partial charge is 0.460 e. The molecule has 0 radical (unpaired) electrons. The first kappa shape index (κ1) is 15.2. The van der Waals surface area contributed by atoms with Crippen LogP contribution >= 0.6 is 0 Å². The van der Waals surface area contributed by atoms with E-state index in [0.717, 1.165) is 25.5 Å². The van der Waals surface area contributed by atoms with Crippen LogP contribution in [0.5, 0.6) is 0 Å². The predicted molar refractivity (Wildman–Crippen MR) is 78.5 cm³/mol. The highest BCUT2D eigenvalue weighted by Crippen LogP contribution is 2.32. The van der Waals surface area contributed by atoms with E-state index in [9.17, 15) is 14.9 Å². The Morgan fingerprint density at radius 3 is 3.00 bits per heavy atom. The predicted octanol–water partition coefficient (Wildman–Crippen LogP) is 1.71. The SMILES string of the molecule is O=C(CCn1cc([N+](=O)[O-])cn1)O[C@@H]1CCC[C@H]1n1cccn1. The van der Waals surface area contributed by atoms with Gasteiger partial charge in [0.25, 0.3) is 0 Å². The van der Waals surface area contributed by atoms with Crippen LogP contribution in [0.2, 0.25) is 0 Å². The van der Waals surface area contributed by atoms with Crippen LogP contribution in [0.1, 0.15) is 31.7 Å². The van der Waals surface area contributed by atoms with Gasteiger partial charge in [-0.2, -0.15) is 10.2 Å². The molecule has 0 aliphatic heterocycles. The molecule has 0 amide bonds. The smallest absolute Gasteiger partial charge is 0.308 e. The fourth-order valence-electron chi connectivity index (χ4n) is 2.83. The van der Waals surface area contributed by atoms with Crippen molar-refractivity contribution >= 4 is 11.7 Å². The lowest BCUT2D eigenvalue weighted by molar-refractivity contribution is -0.385. The van der Waals surface area contributed by atoms with E-state index in [2.05, 4.69) is 10.2 Å². The first-order chi connectivity index (χ1) is 11.1. The summed E-state index contributed by atoms with van der Waals surface area (Å²) in [5.74, 6) is -0.327. The number of ether oxygens (including phenoxy) is 1. The highest BCUT2D eigenvalue weighted by atomic mass is 16.6. The summed E-state index contributed by atoms with van der Waals surface area (Å²) in [6, 6.07) is 1.93. The number of carbonyl (C=O) groups excluding carboxylic acids is 1. The summed E-state index contributed by atoms with van der Waals surface area (Å²) in [5, 5.41) is 18.6. The topological polar surface area (TPSA) is 105 Å². The van der Waals surface area contributed by atoms with Gasteiger partial charge in [0.05, 0.1) is 23.9 Å². The van der Waals surface area contributed by atoms with Crippen molar-refractivity contribution in [1.82, 2.24) is 19.6 Å². The number of carbonyl (C=O) groups is 1. The first-order valence-corrected chi connectivity index (χ1v) is 7.49. The van der Waals surface area contributed by atoms with Crippen LogP contribution < -0.4 is 0 Å². The molecule has 2 aromatic heterocycles. The molecule has 9 heteroatoms. The molecule has 1 saturated carbocycles. The molecule has 23 heavy (non-hydrogen) atoms. The number of esters is 1. The van der Waals surface area contributed by atoms with Crippen molar-refractivity contribution in [3.05, 3.63) is 41.0 Å². The summed E-state index contributed by atoms with van der Waals surface area (Å²) in [5.41, 5.74) is -0.0899. The maximum atomic E-state index is 12.0. The molecular weight excluding hydrogens is 302 g/mol. The van der Waals surface area contributed by atoms with Crippen molar-refractivity contribution in [3.63, 3.8) is 0 Å². The second-order valence-corrected chi connectivity index (χ2v) is 5.48. The molecule has 3 rings (SSSR count). The maximum absolute atomic E-state index is 12.0. The Bertz CT molecular complexity index is 681. The number of hydrogen-bond acceptors (Lipinski definition) is 6. The Morgan fingerprint density at radius 2 is 2.30 bits per heavy atom. The lowest BCUT2D eigenvalue weighted by atomic mass is 10.2. The van der Waals surface area contributed by atoms with Crippen molar-refractivity contribution in [1.29, 1.82) is 0 Å². The highest BCUT2D eigenvalue weighted by molar-refractivity contribution is 5.69. The zero-order valence-corrected chi connectivity index (χ0v) is 12.4. The normalized spacial score (nSPS) is 20.5. The fraction of sp³-hybridized carbons (Fsp3) is 0.500. The molecule has 1 fully saturated rings. The molecule has 1 aliphatic carbocycles. The monoisotopic (exact) mass is 319 g/mol. The molecule has 122 valence electrons. The average molecular weight is 319 g/mol. The van der Waals surface area contributed by atoms with E-state index in [1.807, 2.05) is 16.9 Å². The molecule has 2 heterocycles. The van der Waals surface area contributed by atoms with Crippen LogP contribution in [0.15, 0.2) is 30.9 Å². The third-order valence-corrected chi connectivity index (χ3v) is 3.94. The first-order valence-electron chi connectivity index (χ1n) is 7.49. The summed E-state index contributed by atoms with van der Waals surface area (Å²) >= 11 is 0. The lowest BCUT2D eigenvalue weighted by Crippen LogP contribution is -2.25. The van der Waals surface area contributed by atoms with E-state index in [4.69, 9.17) is 4.74 Å². The Morgan fingerprint density at radius 1 is 1.43 bits per heavy atom. The van der Waals surface area contributed by atoms with Crippen LogP contribution in [0, 0.1) is 10.1 Å². The van der Waals surface area contributed by atoms with Crippen LogP contribution in [0.25, 0.3) is 0 Å². The number of aryl methyl sites for hydroxylation is 1. The minimum absolute atomic E-state index is 0.0831. The van der Waals surface area contributed by atoms with E-state index in [0.29, 0.717) is 0 Å². The van der Waals surface area contributed by atoms with Crippen molar-refractivity contribution in [2.45, 2.75) is 44.4 Å². The molecule has 0 saturated heterocycles. The fourth-order valence-corrected chi connectivity index (χ4v) is 2.83. The van der Waals surface area contributed by atoms with E-state index < -0.39 is 4.92 Å². The Balaban J connectivity index is 1.51. The molecule has 9 nitrogen and oxygen atoms in total. The van der Waals surface area contributed by atoms with Gasteiger partial charge in [-0.05, 0) is 25.3 Å². The van der Waals surface area contributed by atoms with Gasteiger partial charge in [-0.1, -0.05) is 0 Å².